The first-order valence-electron chi connectivity index (χ1n) is 7.92. The molecule has 3 rings (SSSR count). The van der Waals surface area contributed by atoms with Crippen LogP contribution in [0, 0.1) is 11.3 Å². The second kappa shape index (κ2) is 4.49. The standard InChI is InChI=1S/C16H29NO/c1-12-6-9-16(10-7-12)11-17-13-5-4-8-15(2,3)14(13)18-16/h12-14,17H,4-11H2,1-3H3. The van der Waals surface area contributed by atoms with Crippen molar-refractivity contribution in [2.24, 2.45) is 11.3 Å². The molecule has 2 heteroatoms. The zero-order valence-corrected chi connectivity index (χ0v) is 12.3. The molecule has 2 nitrogen and oxygen atoms in total. The summed E-state index contributed by atoms with van der Waals surface area (Å²) < 4.78 is 6.72. The molecule has 18 heavy (non-hydrogen) atoms. The Labute approximate surface area is 112 Å². The average Bonchev–Trinajstić information content (AvgIpc) is 2.34. The smallest absolute Gasteiger partial charge is 0.0811 e. The van der Waals surface area contributed by atoms with E-state index in [0.717, 1.165) is 12.5 Å². The first-order valence-corrected chi connectivity index (χ1v) is 7.92. The Morgan fingerprint density at radius 2 is 1.78 bits per heavy atom. The summed E-state index contributed by atoms with van der Waals surface area (Å²) in [7, 11) is 0. The van der Waals surface area contributed by atoms with Crippen molar-refractivity contribution in [2.45, 2.75) is 83.5 Å². The largest absolute Gasteiger partial charge is 0.368 e. The molecule has 1 N–H and O–H groups in total. The van der Waals surface area contributed by atoms with Crippen LogP contribution < -0.4 is 5.32 Å². The predicted molar refractivity (Wildman–Crippen MR) is 74.7 cm³/mol. The van der Waals surface area contributed by atoms with Gasteiger partial charge in [0, 0.05) is 12.6 Å². The molecule has 0 aromatic rings. The van der Waals surface area contributed by atoms with Crippen LogP contribution in [0.4, 0.5) is 0 Å². The van der Waals surface area contributed by atoms with Gasteiger partial charge in [0.1, 0.15) is 0 Å². The fourth-order valence-electron chi connectivity index (χ4n) is 4.28. The molecule has 0 aromatic heterocycles. The van der Waals surface area contributed by atoms with Crippen LogP contribution in [-0.4, -0.2) is 24.3 Å². The Hall–Kier alpha value is -0.0800. The summed E-state index contributed by atoms with van der Waals surface area (Å²) in [6.45, 7) is 8.28. The molecule has 3 fully saturated rings. The van der Waals surface area contributed by atoms with Crippen molar-refractivity contribution in [2.75, 3.05) is 6.54 Å². The van der Waals surface area contributed by atoms with Gasteiger partial charge in [0.2, 0.25) is 0 Å². The van der Waals surface area contributed by atoms with E-state index in [1.807, 2.05) is 0 Å². The molecular formula is C16H29NO. The van der Waals surface area contributed by atoms with Gasteiger partial charge in [-0.2, -0.15) is 0 Å². The monoisotopic (exact) mass is 251 g/mol. The third kappa shape index (κ3) is 2.22. The highest BCUT2D eigenvalue weighted by atomic mass is 16.5. The molecule has 1 spiro atoms. The molecule has 0 aromatic carbocycles. The van der Waals surface area contributed by atoms with Crippen molar-refractivity contribution in [1.82, 2.24) is 5.32 Å². The van der Waals surface area contributed by atoms with Gasteiger partial charge in [0.15, 0.2) is 0 Å². The number of hydrogen-bond donors (Lipinski definition) is 1. The number of rotatable bonds is 0. The molecule has 0 bridgehead atoms. The number of hydrogen-bond acceptors (Lipinski definition) is 2. The molecular weight excluding hydrogens is 222 g/mol. The van der Waals surface area contributed by atoms with Gasteiger partial charge in [-0.1, -0.05) is 27.2 Å². The van der Waals surface area contributed by atoms with Crippen molar-refractivity contribution in [3.8, 4) is 0 Å². The van der Waals surface area contributed by atoms with E-state index in [1.54, 1.807) is 0 Å². The second-order valence-corrected chi connectivity index (χ2v) is 7.77. The van der Waals surface area contributed by atoms with Gasteiger partial charge >= 0.3 is 0 Å². The molecule has 2 saturated carbocycles. The lowest BCUT2D eigenvalue weighted by atomic mass is 9.69. The summed E-state index contributed by atoms with van der Waals surface area (Å²) >= 11 is 0. The van der Waals surface area contributed by atoms with Crippen molar-refractivity contribution < 1.29 is 4.74 Å². The Bertz CT molecular complexity index is 304. The Morgan fingerprint density at radius 1 is 1.06 bits per heavy atom. The Kier molecular flexibility index (Phi) is 3.22. The summed E-state index contributed by atoms with van der Waals surface area (Å²) in [5.41, 5.74) is 0.523. The molecule has 0 amide bonds. The summed E-state index contributed by atoms with van der Waals surface area (Å²) in [6.07, 6.45) is 9.64. The van der Waals surface area contributed by atoms with Crippen molar-refractivity contribution in [1.29, 1.82) is 0 Å². The number of fused-ring (bicyclic) bond motifs is 1. The van der Waals surface area contributed by atoms with Gasteiger partial charge in [-0.25, -0.2) is 0 Å². The third-order valence-electron chi connectivity index (χ3n) is 5.72. The zero-order chi connectivity index (χ0) is 12.8. The van der Waals surface area contributed by atoms with E-state index in [9.17, 15) is 0 Å². The average molecular weight is 251 g/mol. The van der Waals surface area contributed by atoms with Crippen LogP contribution in [0.5, 0.6) is 0 Å². The molecule has 2 atom stereocenters. The lowest BCUT2D eigenvalue weighted by Crippen LogP contribution is -2.64. The van der Waals surface area contributed by atoms with E-state index in [1.165, 1.54) is 44.9 Å². The van der Waals surface area contributed by atoms with Crippen LogP contribution in [0.3, 0.4) is 0 Å². The van der Waals surface area contributed by atoms with Crippen LogP contribution in [0.2, 0.25) is 0 Å². The highest BCUT2D eigenvalue weighted by Crippen LogP contribution is 2.45. The maximum absolute atomic E-state index is 6.72. The van der Waals surface area contributed by atoms with Crippen LogP contribution in [0.25, 0.3) is 0 Å². The Balaban J connectivity index is 1.74. The van der Waals surface area contributed by atoms with Crippen molar-refractivity contribution >= 4 is 0 Å². The van der Waals surface area contributed by atoms with Crippen LogP contribution in [0.1, 0.15) is 65.7 Å². The first-order chi connectivity index (χ1) is 8.51. The van der Waals surface area contributed by atoms with E-state index >= 15 is 0 Å². The molecule has 1 saturated heterocycles. The lowest BCUT2D eigenvalue weighted by molar-refractivity contribution is -0.199. The number of ether oxygens (including phenoxy) is 1. The molecule has 2 unspecified atom stereocenters. The minimum Gasteiger partial charge on any atom is -0.368 e. The van der Waals surface area contributed by atoms with Gasteiger partial charge in [-0.3, -0.25) is 0 Å². The topological polar surface area (TPSA) is 21.3 Å². The highest BCUT2D eigenvalue weighted by molar-refractivity contribution is 5.02. The molecule has 1 heterocycles. The predicted octanol–water partition coefficient (Wildman–Crippen LogP) is 3.50. The van der Waals surface area contributed by atoms with E-state index in [-0.39, 0.29) is 5.60 Å². The fraction of sp³-hybridized carbons (Fsp3) is 1.00. The minimum atomic E-state index is 0.169. The van der Waals surface area contributed by atoms with E-state index in [2.05, 4.69) is 26.1 Å². The van der Waals surface area contributed by atoms with E-state index < -0.39 is 0 Å². The van der Waals surface area contributed by atoms with Gasteiger partial charge in [-0.15, -0.1) is 0 Å². The maximum Gasteiger partial charge on any atom is 0.0811 e. The molecule has 3 aliphatic rings. The molecule has 2 aliphatic carbocycles. The second-order valence-electron chi connectivity index (χ2n) is 7.77. The van der Waals surface area contributed by atoms with E-state index in [0.29, 0.717) is 17.6 Å². The Morgan fingerprint density at radius 3 is 2.50 bits per heavy atom. The lowest BCUT2D eigenvalue weighted by Gasteiger charge is -2.54. The quantitative estimate of drug-likeness (QED) is 0.711. The highest BCUT2D eigenvalue weighted by Gasteiger charge is 2.49. The normalized spacial score (nSPS) is 47.8. The number of morpholine rings is 1. The first kappa shape index (κ1) is 12.9. The zero-order valence-electron chi connectivity index (χ0n) is 12.3. The van der Waals surface area contributed by atoms with Crippen LogP contribution >= 0.6 is 0 Å². The van der Waals surface area contributed by atoms with Crippen LogP contribution in [-0.2, 0) is 4.74 Å². The van der Waals surface area contributed by atoms with E-state index in [4.69, 9.17) is 4.74 Å². The third-order valence-corrected chi connectivity index (χ3v) is 5.72. The number of nitrogens with one attached hydrogen (secondary N) is 1. The SMILES string of the molecule is CC1CCC2(CC1)CNC1CCCC(C)(C)C1O2. The summed E-state index contributed by atoms with van der Waals surface area (Å²) in [6, 6.07) is 0.610. The fourth-order valence-corrected chi connectivity index (χ4v) is 4.28. The molecule has 0 radical (unpaired) electrons. The molecule has 1 aliphatic heterocycles. The van der Waals surface area contributed by atoms with Gasteiger partial charge < -0.3 is 10.1 Å². The minimum absolute atomic E-state index is 0.169. The summed E-state index contributed by atoms with van der Waals surface area (Å²) in [5, 5.41) is 3.83. The summed E-state index contributed by atoms with van der Waals surface area (Å²) in [4.78, 5) is 0. The van der Waals surface area contributed by atoms with Gasteiger partial charge in [0.25, 0.3) is 0 Å². The summed E-state index contributed by atoms with van der Waals surface area (Å²) in [5.74, 6) is 0.899. The van der Waals surface area contributed by atoms with Crippen molar-refractivity contribution in [3.63, 3.8) is 0 Å². The van der Waals surface area contributed by atoms with Crippen molar-refractivity contribution in [3.05, 3.63) is 0 Å². The maximum atomic E-state index is 6.72. The van der Waals surface area contributed by atoms with Crippen LogP contribution in [0.15, 0.2) is 0 Å². The van der Waals surface area contributed by atoms with Gasteiger partial charge in [0.05, 0.1) is 11.7 Å². The van der Waals surface area contributed by atoms with Gasteiger partial charge in [-0.05, 0) is 49.9 Å². The molecule has 104 valence electrons.